The van der Waals surface area contributed by atoms with Crippen molar-refractivity contribution >= 4 is 40.1 Å². The van der Waals surface area contributed by atoms with E-state index in [0.717, 1.165) is 26.2 Å². The van der Waals surface area contributed by atoms with E-state index < -0.39 is 5.97 Å². The number of carbonyl (C=O) groups excluding carboxylic acids is 2. The highest BCUT2D eigenvalue weighted by Gasteiger charge is 2.27. The average Bonchev–Trinajstić information content (AvgIpc) is 3.14. The molecule has 4 rings (SSSR count). The number of halogens is 1. The predicted molar refractivity (Wildman–Crippen MR) is 118 cm³/mol. The van der Waals surface area contributed by atoms with Gasteiger partial charge in [-0.15, -0.1) is 0 Å². The van der Waals surface area contributed by atoms with Crippen molar-refractivity contribution in [3.8, 4) is 0 Å². The lowest BCUT2D eigenvalue weighted by Crippen LogP contribution is -2.52. The first-order chi connectivity index (χ1) is 14.6. The molecule has 7 nitrogen and oxygen atoms in total. The number of methoxy groups -OCH3 is 1. The topological polar surface area (TPSA) is 77.7 Å². The number of piperazine rings is 1. The van der Waals surface area contributed by atoms with Crippen LogP contribution in [0.4, 0.5) is 5.69 Å². The fourth-order valence-electron chi connectivity index (χ4n) is 4.70. The Morgan fingerprint density at radius 3 is 2.60 bits per heavy atom. The summed E-state index contributed by atoms with van der Waals surface area (Å²) in [6, 6.07) is 6.05. The molecule has 2 N–H and O–H groups in total. The molecule has 0 unspecified atom stereocenters. The van der Waals surface area contributed by atoms with Gasteiger partial charge in [-0.2, -0.15) is 0 Å². The number of H-pyrrole nitrogens is 1. The van der Waals surface area contributed by atoms with Gasteiger partial charge in [0, 0.05) is 43.1 Å². The number of nitrogens with one attached hydrogen (secondary N) is 2. The Balaban J connectivity index is 1.41. The van der Waals surface area contributed by atoms with E-state index in [1.165, 1.54) is 39.2 Å². The maximum Gasteiger partial charge on any atom is 0.356 e. The second kappa shape index (κ2) is 9.37. The third-order valence-electron chi connectivity index (χ3n) is 6.29. The fraction of sp³-hybridized carbons (Fsp3) is 0.545. The molecule has 1 aliphatic carbocycles. The van der Waals surface area contributed by atoms with Crippen LogP contribution in [0.2, 0.25) is 5.02 Å². The summed E-state index contributed by atoms with van der Waals surface area (Å²) in [6.45, 7) is 4.05. The number of hydrogen-bond donors (Lipinski definition) is 2. The molecule has 1 saturated heterocycles. The van der Waals surface area contributed by atoms with Crippen molar-refractivity contribution in [1.29, 1.82) is 0 Å². The monoisotopic (exact) mass is 432 g/mol. The zero-order chi connectivity index (χ0) is 21.1. The third-order valence-corrected chi connectivity index (χ3v) is 6.61. The summed E-state index contributed by atoms with van der Waals surface area (Å²) in [4.78, 5) is 32.8. The van der Waals surface area contributed by atoms with E-state index in [9.17, 15) is 9.59 Å². The molecule has 0 bridgehead atoms. The van der Waals surface area contributed by atoms with Gasteiger partial charge >= 0.3 is 5.97 Å². The lowest BCUT2D eigenvalue weighted by molar-refractivity contribution is -0.117. The summed E-state index contributed by atoms with van der Waals surface area (Å²) in [6.07, 6.45) is 6.64. The quantitative estimate of drug-likeness (QED) is 0.707. The van der Waals surface area contributed by atoms with Gasteiger partial charge in [0.2, 0.25) is 5.91 Å². The van der Waals surface area contributed by atoms with Gasteiger partial charge in [0.15, 0.2) is 0 Å². The molecule has 1 amide bonds. The van der Waals surface area contributed by atoms with Gasteiger partial charge < -0.3 is 15.0 Å². The van der Waals surface area contributed by atoms with Crippen molar-refractivity contribution in [2.24, 2.45) is 0 Å². The Morgan fingerprint density at radius 2 is 1.90 bits per heavy atom. The molecule has 2 fully saturated rings. The SMILES string of the molecule is COC(=O)c1[nH]c2cccc(Cl)c2c1NC(=O)CN1CCN(C2CCCCC2)CC1. The molecular weight excluding hydrogens is 404 g/mol. The number of amides is 1. The largest absolute Gasteiger partial charge is 0.464 e. The van der Waals surface area contributed by atoms with E-state index >= 15 is 0 Å². The second-order valence-corrected chi connectivity index (χ2v) is 8.59. The van der Waals surface area contributed by atoms with Crippen molar-refractivity contribution < 1.29 is 14.3 Å². The number of aromatic amines is 1. The number of benzene rings is 1. The van der Waals surface area contributed by atoms with Gasteiger partial charge in [-0.3, -0.25) is 14.6 Å². The molecule has 0 radical (unpaired) electrons. The Kier molecular flexibility index (Phi) is 6.61. The Hall–Kier alpha value is -2.09. The first kappa shape index (κ1) is 21.2. The molecular formula is C22H29ClN4O3. The van der Waals surface area contributed by atoms with Gasteiger partial charge in [-0.1, -0.05) is 36.9 Å². The van der Waals surface area contributed by atoms with E-state index in [2.05, 4.69) is 20.1 Å². The zero-order valence-electron chi connectivity index (χ0n) is 17.4. The van der Waals surface area contributed by atoms with Crippen molar-refractivity contribution in [2.75, 3.05) is 45.2 Å². The summed E-state index contributed by atoms with van der Waals surface area (Å²) in [7, 11) is 1.31. The van der Waals surface area contributed by atoms with Crippen molar-refractivity contribution in [1.82, 2.24) is 14.8 Å². The summed E-state index contributed by atoms with van der Waals surface area (Å²) in [5, 5.41) is 3.99. The highest BCUT2D eigenvalue weighted by molar-refractivity contribution is 6.37. The average molecular weight is 433 g/mol. The Labute approximate surface area is 181 Å². The normalized spacial score (nSPS) is 19.1. The van der Waals surface area contributed by atoms with Crippen LogP contribution < -0.4 is 5.32 Å². The minimum absolute atomic E-state index is 0.160. The summed E-state index contributed by atoms with van der Waals surface area (Å²) in [5.41, 5.74) is 1.27. The number of rotatable bonds is 5. The number of esters is 1. The maximum atomic E-state index is 12.8. The van der Waals surface area contributed by atoms with Crippen LogP contribution in [0.5, 0.6) is 0 Å². The van der Waals surface area contributed by atoms with Crippen LogP contribution in [0.15, 0.2) is 18.2 Å². The standard InChI is InChI=1S/C22H29ClN4O3/c1-30-22(29)21-20(19-16(23)8-5-9-17(19)24-21)25-18(28)14-26-10-12-27(13-11-26)15-6-3-2-4-7-15/h5,8-9,15,24H,2-4,6-7,10-14H2,1H3,(H,25,28). The zero-order valence-corrected chi connectivity index (χ0v) is 18.1. The second-order valence-electron chi connectivity index (χ2n) is 8.18. The molecule has 8 heteroatoms. The lowest BCUT2D eigenvalue weighted by atomic mass is 9.94. The van der Waals surface area contributed by atoms with Crippen LogP contribution in [-0.2, 0) is 9.53 Å². The van der Waals surface area contributed by atoms with E-state index in [1.54, 1.807) is 12.1 Å². The smallest absolute Gasteiger partial charge is 0.356 e. The first-order valence-corrected chi connectivity index (χ1v) is 11.1. The summed E-state index contributed by atoms with van der Waals surface area (Å²) in [5.74, 6) is -0.703. The fourth-order valence-corrected chi connectivity index (χ4v) is 4.97. The Bertz CT molecular complexity index is 914. The molecule has 1 aromatic heterocycles. The van der Waals surface area contributed by atoms with Crippen molar-refractivity contribution in [3.63, 3.8) is 0 Å². The van der Waals surface area contributed by atoms with Gasteiger partial charge in [0.25, 0.3) is 0 Å². The molecule has 2 heterocycles. The molecule has 2 aromatic rings. The molecule has 0 spiro atoms. The van der Waals surface area contributed by atoms with Gasteiger partial charge in [0.1, 0.15) is 5.69 Å². The highest BCUT2D eigenvalue weighted by Crippen LogP contribution is 2.34. The highest BCUT2D eigenvalue weighted by atomic mass is 35.5. The number of ether oxygens (including phenoxy) is 1. The lowest BCUT2D eigenvalue weighted by Gasteiger charge is -2.40. The van der Waals surface area contributed by atoms with Crippen LogP contribution in [-0.4, -0.2) is 72.5 Å². The Morgan fingerprint density at radius 1 is 1.17 bits per heavy atom. The molecule has 1 aromatic carbocycles. The molecule has 1 saturated carbocycles. The number of anilines is 1. The van der Waals surface area contributed by atoms with E-state index in [0.29, 0.717) is 27.7 Å². The summed E-state index contributed by atoms with van der Waals surface area (Å²) >= 11 is 6.35. The number of fused-ring (bicyclic) bond motifs is 1. The van der Waals surface area contributed by atoms with Crippen LogP contribution in [0.1, 0.15) is 42.6 Å². The first-order valence-electron chi connectivity index (χ1n) is 10.7. The molecule has 0 atom stereocenters. The molecule has 162 valence electrons. The number of hydrogen-bond acceptors (Lipinski definition) is 5. The van der Waals surface area contributed by atoms with E-state index in [1.807, 2.05) is 6.07 Å². The predicted octanol–water partition coefficient (Wildman–Crippen LogP) is 3.50. The number of aromatic nitrogens is 1. The van der Waals surface area contributed by atoms with Crippen molar-refractivity contribution in [3.05, 3.63) is 28.9 Å². The third kappa shape index (κ3) is 4.48. The van der Waals surface area contributed by atoms with Crippen LogP contribution in [0, 0.1) is 0 Å². The van der Waals surface area contributed by atoms with Crippen molar-refractivity contribution in [2.45, 2.75) is 38.1 Å². The molecule has 2 aliphatic rings. The number of carbonyl (C=O) groups is 2. The number of nitrogens with zero attached hydrogens (tertiary/aromatic N) is 2. The molecule has 1 aliphatic heterocycles. The van der Waals surface area contributed by atoms with E-state index in [4.69, 9.17) is 16.3 Å². The van der Waals surface area contributed by atoms with Crippen LogP contribution in [0.3, 0.4) is 0 Å². The van der Waals surface area contributed by atoms with Gasteiger partial charge in [-0.05, 0) is 25.0 Å². The molecule has 30 heavy (non-hydrogen) atoms. The van der Waals surface area contributed by atoms with E-state index in [-0.39, 0.29) is 18.1 Å². The minimum atomic E-state index is -0.543. The minimum Gasteiger partial charge on any atom is -0.464 e. The van der Waals surface area contributed by atoms with Crippen LogP contribution >= 0.6 is 11.6 Å². The van der Waals surface area contributed by atoms with Gasteiger partial charge in [-0.25, -0.2) is 4.79 Å². The maximum absolute atomic E-state index is 12.8. The van der Waals surface area contributed by atoms with Gasteiger partial charge in [0.05, 0.1) is 24.4 Å². The van der Waals surface area contributed by atoms with Crippen LogP contribution in [0.25, 0.3) is 10.9 Å². The summed E-state index contributed by atoms with van der Waals surface area (Å²) < 4.78 is 4.87.